The molecule has 2 fully saturated rings. The molecule has 2 amide bonds. The van der Waals surface area contributed by atoms with Gasteiger partial charge in [-0.05, 0) is 51.6 Å². The van der Waals surface area contributed by atoms with Crippen LogP contribution < -0.4 is 21.3 Å². The molecule has 0 spiro atoms. The Morgan fingerprint density at radius 2 is 1.21 bits per heavy atom. The van der Waals surface area contributed by atoms with Gasteiger partial charge >= 0.3 is 0 Å². The van der Waals surface area contributed by atoms with Gasteiger partial charge in [-0.2, -0.15) is 0 Å². The zero-order valence-electron chi connectivity index (χ0n) is 14.9. The maximum Gasteiger partial charge on any atom is 0.224 e. The van der Waals surface area contributed by atoms with E-state index in [0.29, 0.717) is 0 Å². The summed E-state index contributed by atoms with van der Waals surface area (Å²) in [6.07, 6.45) is 8.46. The minimum Gasteiger partial charge on any atom is -0.356 e. The molecule has 0 aromatic rings. The van der Waals surface area contributed by atoms with E-state index in [4.69, 9.17) is 0 Å². The van der Waals surface area contributed by atoms with Crippen LogP contribution >= 0.6 is 0 Å². The first-order valence-corrected chi connectivity index (χ1v) is 9.74. The van der Waals surface area contributed by atoms with E-state index in [9.17, 15) is 9.59 Å². The smallest absolute Gasteiger partial charge is 0.224 e. The Hall–Kier alpha value is -1.14. The minimum atomic E-state index is 0.156. The summed E-state index contributed by atoms with van der Waals surface area (Å²) in [5.74, 6) is 0.720. The molecule has 0 bridgehead atoms. The SMILES string of the molecule is O=C(NCCCCCCNC(=O)[C@@H]1CCCNC1)[C@@H]1CCCNC1. The van der Waals surface area contributed by atoms with E-state index < -0.39 is 0 Å². The molecule has 24 heavy (non-hydrogen) atoms. The number of piperidine rings is 2. The Morgan fingerprint density at radius 1 is 0.750 bits per heavy atom. The van der Waals surface area contributed by atoms with E-state index >= 15 is 0 Å². The molecule has 0 aromatic heterocycles. The normalized spacial score (nSPS) is 24.3. The van der Waals surface area contributed by atoms with Gasteiger partial charge < -0.3 is 21.3 Å². The molecule has 2 saturated heterocycles. The van der Waals surface area contributed by atoms with Crippen LogP contribution in [0.4, 0.5) is 0 Å². The van der Waals surface area contributed by atoms with Crippen molar-refractivity contribution in [1.29, 1.82) is 0 Å². The van der Waals surface area contributed by atoms with Gasteiger partial charge in [0.2, 0.25) is 11.8 Å². The molecule has 2 heterocycles. The highest BCUT2D eigenvalue weighted by atomic mass is 16.2. The molecule has 4 N–H and O–H groups in total. The van der Waals surface area contributed by atoms with Crippen LogP contribution in [0.3, 0.4) is 0 Å². The lowest BCUT2D eigenvalue weighted by molar-refractivity contribution is -0.126. The van der Waals surface area contributed by atoms with Crippen molar-refractivity contribution in [2.75, 3.05) is 39.3 Å². The van der Waals surface area contributed by atoms with Crippen LogP contribution in [-0.4, -0.2) is 51.1 Å². The molecule has 2 rings (SSSR count). The second-order valence-corrected chi connectivity index (χ2v) is 7.08. The number of unbranched alkanes of at least 4 members (excludes halogenated alkanes) is 3. The van der Waals surface area contributed by atoms with Crippen molar-refractivity contribution >= 4 is 11.8 Å². The minimum absolute atomic E-state index is 0.156. The first-order valence-electron chi connectivity index (χ1n) is 9.74. The third-order valence-electron chi connectivity index (χ3n) is 5.04. The van der Waals surface area contributed by atoms with Crippen molar-refractivity contribution in [1.82, 2.24) is 21.3 Å². The van der Waals surface area contributed by atoms with Crippen LogP contribution in [0.15, 0.2) is 0 Å². The fourth-order valence-corrected chi connectivity index (χ4v) is 3.47. The van der Waals surface area contributed by atoms with Gasteiger partial charge in [0.25, 0.3) is 0 Å². The van der Waals surface area contributed by atoms with Crippen LogP contribution in [0.25, 0.3) is 0 Å². The van der Waals surface area contributed by atoms with Crippen molar-refractivity contribution in [3.8, 4) is 0 Å². The highest BCUT2D eigenvalue weighted by molar-refractivity contribution is 5.79. The molecule has 138 valence electrons. The number of carbonyl (C=O) groups is 2. The summed E-state index contributed by atoms with van der Waals surface area (Å²) < 4.78 is 0. The van der Waals surface area contributed by atoms with Crippen molar-refractivity contribution in [3.05, 3.63) is 0 Å². The zero-order valence-corrected chi connectivity index (χ0v) is 14.9. The highest BCUT2D eigenvalue weighted by Crippen LogP contribution is 2.10. The number of rotatable bonds is 9. The van der Waals surface area contributed by atoms with E-state index in [1.165, 1.54) is 0 Å². The second kappa shape index (κ2) is 11.4. The van der Waals surface area contributed by atoms with Crippen molar-refractivity contribution < 1.29 is 9.59 Å². The van der Waals surface area contributed by atoms with Gasteiger partial charge in [0.15, 0.2) is 0 Å². The second-order valence-electron chi connectivity index (χ2n) is 7.08. The average molecular weight is 338 g/mol. The number of amides is 2. The molecular weight excluding hydrogens is 304 g/mol. The largest absolute Gasteiger partial charge is 0.356 e. The third-order valence-corrected chi connectivity index (χ3v) is 5.04. The molecule has 6 heteroatoms. The fourth-order valence-electron chi connectivity index (χ4n) is 3.47. The van der Waals surface area contributed by atoms with Gasteiger partial charge in [-0.25, -0.2) is 0 Å². The molecule has 2 aliphatic rings. The standard InChI is InChI=1S/C18H34N4O2/c23-17(15-7-5-9-19-13-15)21-11-3-1-2-4-12-22-18(24)16-8-6-10-20-14-16/h15-16,19-20H,1-14H2,(H,21,23)(H,22,24)/t15-,16-/m1/s1. The Balaban J connectivity index is 1.40. The van der Waals surface area contributed by atoms with E-state index in [-0.39, 0.29) is 23.7 Å². The molecule has 0 radical (unpaired) electrons. The van der Waals surface area contributed by atoms with Crippen LogP contribution in [0.5, 0.6) is 0 Å². The molecule has 6 nitrogen and oxygen atoms in total. The monoisotopic (exact) mass is 338 g/mol. The summed E-state index contributed by atoms with van der Waals surface area (Å²) in [7, 11) is 0. The molecular formula is C18H34N4O2. The lowest BCUT2D eigenvalue weighted by atomic mass is 9.99. The zero-order chi connectivity index (χ0) is 17.0. The highest BCUT2D eigenvalue weighted by Gasteiger charge is 2.20. The Labute approximate surface area is 145 Å². The predicted octanol–water partition coefficient (Wildman–Crippen LogP) is 0.778. The van der Waals surface area contributed by atoms with Crippen LogP contribution in [-0.2, 0) is 9.59 Å². The number of hydrogen-bond acceptors (Lipinski definition) is 4. The molecule has 0 unspecified atom stereocenters. The average Bonchev–Trinajstić information content (AvgIpc) is 2.65. The first-order chi connectivity index (χ1) is 11.8. The molecule has 0 aromatic carbocycles. The molecule has 2 aliphatic heterocycles. The van der Waals surface area contributed by atoms with Crippen LogP contribution in [0.1, 0.15) is 51.4 Å². The number of carbonyl (C=O) groups excluding carboxylic acids is 2. The summed E-state index contributed by atoms with van der Waals surface area (Å²) in [6, 6.07) is 0. The first kappa shape index (κ1) is 19.2. The third kappa shape index (κ3) is 7.18. The van der Waals surface area contributed by atoms with E-state index in [0.717, 1.165) is 90.6 Å². The topological polar surface area (TPSA) is 82.3 Å². The summed E-state index contributed by atoms with van der Waals surface area (Å²) in [5.41, 5.74) is 0. The van der Waals surface area contributed by atoms with Gasteiger partial charge in [0.05, 0.1) is 11.8 Å². The Morgan fingerprint density at radius 3 is 1.58 bits per heavy atom. The maximum absolute atomic E-state index is 12.0. The van der Waals surface area contributed by atoms with Crippen LogP contribution in [0.2, 0.25) is 0 Å². The van der Waals surface area contributed by atoms with Crippen molar-refractivity contribution in [3.63, 3.8) is 0 Å². The van der Waals surface area contributed by atoms with Crippen molar-refractivity contribution in [2.24, 2.45) is 11.8 Å². The lowest BCUT2D eigenvalue weighted by Crippen LogP contribution is -2.40. The fraction of sp³-hybridized carbons (Fsp3) is 0.889. The Kier molecular flexibility index (Phi) is 9.13. The maximum atomic E-state index is 12.0. The lowest BCUT2D eigenvalue weighted by Gasteiger charge is -2.22. The van der Waals surface area contributed by atoms with Gasteiger partial charge in [0.1, 0.15) is 0 Å². The summed E-state index contributed by atoms with van der Waals surface area (Å²) in [5, 5.41) is 12.6. The van der Waals surface area contributed by atoms with E-state index in [1.807, 2.05) is 0 Å². The van der Waals surface area contributed by atoms with Crippen LogP contribution in [0, 0.1) is 11.8 Å². The van der Waals surface area contributed by atoms with Gasteiger partial charge in [0, 0.05) is 26.2 Å². The summed E-state index contributed by atoms with van der Waals surface area (Å²) in [4.78, 5) is 23.9. The summed E-state index contributed by atoms with van der Waals surface area (Å²) in [6.45, 7) is 5.27. The Bertz CT molecular complexity index is 341. The number of hydrogen-bond donors (Lipinski definition) is 4. The van der Waals surface area contributed by atoms with Crippen molar-refractivity contribution in [2.45, 2.75) is 51.4 Å². The number of nitrogens with one attached hydrogen (secondary N) is 4. The van der Waals surface area contributed by atoms with E-state index in [1.54, 1.807) is 0 Å². The predicted molar refractivity (Wildman–Crippen MR) is 95.7 cm³/mol. The van der Waals surface area contributed by atoms with E-state index in [2.05, 4.69) is 21.3 Å². The molecule has 2 atom stereocenters. The van der Waals surface area contributed by atoms with Gasteiger partial charge in [-0.3, -0.25) is 9.59 Å². The summed E-state index contributed by atoms with van der Waals surface area (Å²) >= 11 is 0. The molecule has 0 aliphatic carbocycles. The quantitative estimate of drug-likeness (QED) is 0.468. The van der Waals surface area contributed by atoms with Gasteiger partial charge in [-0.15, -0.1) is 0 Å². The molecule has 0 saturated carbocycles. The van der Waals surface area contributed by atoms with Gasteiger partial charge in [-0.1, -0.05) is 12.8 Å².